The van der Waals surface area contributed by atoms with E-state index in [2.05, 4.69) is 27.6 Å². The number of thiazole rings is 1. The molecule has 2 heterocycles. The minimum Gasteiger partial charge on any atom is -0.486 e. The fourth-order valence-corrected chi connectivity index (χ4v) is 3.44. The smallest absolute Gasteiger partial charge is 0.205 e. The van der Waals surface area contributed by atoms with Gasteiger partial charge >= 0.3 is 0 Å². The first kappa shape index (κ1) is 15.7. The van der Waals surface area contributed by atoms with E-state index < -0.39 is 0 Å². The molecule has 126 valence electrons. The summed E-state index contributed by atoms with van der Waals surface area (Å²) in [6.07, 6.45) is 1.81. The van der Waals surface area contributed by atoms with Gasteiger partial charge in [0, 0.05) is 18.0 Å². The van der Waals surface area contributed by atoms with E-state index in [-0.39, 0.29) is 0 Å². The zero-order chi connectivity index (χ0) is 17.1. The minimum absolute atomic E-state index is 0.573. The van der Waals surface area contributed by atoms with Gasteiger partial charge in [-0.25, -0.2) is 4.68 Å². The lowest BCUT2D eigenvalue weighted by Gasteiger charge is -2.18. The molecule has 4 rings (SSSR count). The van der Waals surface area contributed by atoms with Gasteiger partial charge < -0.3 is 9.47 Å². The highest BCUT2D eigenvalue weighted by atomic mass is 32.1. The number of nitrogens with zero attached hydrogens (tertiary/aromatic N) is 3. The lowest BCUT2D eigenvalue weighted by molar-refractivity contribution is 0.171. The monoisotopic (exact) mass is 351 g/mol. The van der Waals surface area contributed by atoms with E-state index in [1.807, 2.05) is 47.3 Å². The van der Waals surface area contributed by atoms with Crippen LogP contribution in [0.3, 0.4) is 0 Å². The Morgan fingerprint density at radius 2 is 1.84 bits per heavy atom. The Kier molecular flexibility index (Phi) is 4.35. The van der Waals surface area contributed by atoms with Gasteiger partial charge in [-0.15, -0.1) is 11.3 Å². The van der Waals surface area contributed by atoms with Gasteiger partial charge in [0.2, 0.25) is 4.80 Å². The molecule has 0 saturated heterocycles. The summed E-state index contributed by atoms with van der Waals surface area (Å²) < 4.78 is 13.0. The van der Waals surface area contributed by atoms with Gasteiger partial charge in [-0.05, 0) is 23.8 Å². The van der Waals surface area contributed by atoms with Crippen molar-refractivity contribution in [1.29, 1.82) is 0 Å². The quantitative estimate of drug-likeness (QED) is 0.679. The summed E-state index contributed by atoms with van der Waals surface area (Å²) >= 11 is 1.57. The molecule has 0 bridgehead atoms. The Morgan fingerprint density at radius 3 is 2.64 bits per heavy atom. The van der Waals surface area contributed by atoms with Crippen molar-refractivity contribution in [2.24, 2.45) is 10.1 Å². The van der Waals surface area contributed by atoms with Crippen LogP contribution >= 0.6 is 11.3 Å². The van der Waals surface area contributed by atoms with Crippen LogP contribution in [0, 0.1) is 0 Å². The second kappa shape index (κ2) is 6.94. The van der Waals surface area contributed by atoms with Crippen molar-refractivity contribution in [2.75, 3.05) is 20.3 Å². The average Bonchev–Trinajstić information content (AvgIpc) is 3.10. The van der Waals surface area contributed by atoms with Gasteiger partial charge in [0.1, 0.15) is 13.2 Å². The second-order valence-corrected chi connectivity index (χ2v) is 6.29. The molecule has 3 aromatic rings. The molecule has 0 spiro atoms. The van der Waals surface area contributed by atoms with E-state index >= 15 is 0 Å². The predicted octanol–water partition coefficient (Wildman–Crippen LogP) is 3.40. The van der Waals surface area contributed by atoms with Gasteiger partial charge in [0.25, 0.3) is 0 Å². The summed E-state index contributed by atoms with van der Waals surface area (Å²) in [6, 6.07) is 16.0. The van der Waals surface area contributed by atoms with Gasteiger partial charge in [-0.2, -0.15) is 5.10 Å². The highest BCUT2D eigenvalue weighted by Crippen LogP contribution is 2.30. The first-order valence-corrected chi connectivity index (χ1v) is 8.86. The minimum atomic E-state index is 0.573. The second-order valence-electron chi connectivity index (χ2n) is 5.45. The van der Waals surface area contributed by atoms with Gasteiger partial charge in [-0.1, -0.05) is 30.3 Å². The molecular formula is C19H17N3O2S. The zero-order valence-electron chi connectivity index (χ0n) is 13.8. The Balaban J connectivity index is 1.71. The van der Waals surface area contributed by atoms with Crippen LogP contribution in [0.25, 0.3) is 11.3 Å². The molecule has 0 N–H and O–H groups in total. The van der Waals surface area contributed by atoms with Crippen LogP contribution in [0.4, 0.5) is 0 Å². The number of fused-ring (bicyclic) bond motifs is 1. The molecule has 5 nitrogen and oxygen atoms in total. The molecule has 6 heteroatoms. The lowest BCUT2D eigenvalue weighted by Crippen LogP contribution is -2.15. The van der Waals surface area contributed by atoms with E-state index in [1.165, 1.54) is 0 Å². The normalized spacial score (nSPS) is 14.2. The van der Waals surface area contributed by atoms with Crippen molar-refractivity contribution >= 4 is 17.6 Å². The maximum atomic E-state index is 5.63. The number of aromatic nitrogens is 1. The van der Waals surface area contributed by atoms with Crippen LogP contribution in [0.1, 0.15) is 5.56 Å². The van der Waals surface area contributed by atoms with E-state index in [0.717, 1.165) is 33.1 Å². The molecule has 0 amide bonds. The molecule has 0 unspecified atom stereocenters. The molecule has 0 radical (unpaired) electrons. The Morgan fingerprint density at radius 1 is 1.04 bits per heavy atom. The molecule has 0 fully saturated rings. The highest BCUT2D eigenvalue weighted by Gasteiger charge is 2.11. The fraction of sp³-hybridized carbons (Fsp3) is 0.158. The van der Waals surface area contributed by atoms with Crippen LogP contribution in [0.2, 0.25) is 0 Å². The van der Waals surface area contributed by atoms with Crippen LogP contribution < -0.4 is 14.3 Å². The first-order valence-electron chi connectivity index (χ1n) is 7.98. The average molecular weight is 351 g/mol. The Bertz CT molecular complexity index is 974. The number of ether oxygens (including phenoxy) is 2. The molecular weight excluding hydrogens is 334 g/mol. The number of hydrogen-bond acceptors (Lipinski definition) is 5. The van der Waals surface area contributed by atoms with Crippen molar-refractivity contribution in [3.63, 3.8) is 0 Å². The number of hydrogen-bond donors (Lipinski definition) is 0. The van der Waals surface area contributed by atoms with E-state index in [0.29, 0.717) is 13.2 Å². The number of benzene rings is 2. The molecule has 0 saturated carbocycles. The standard InChI is InChI=1S/C19H17N3O2S/c1-20-19-22(16(13-25-19)15-5-3-2-4-6-15)21-12-14-7-8-17-18(11-14)24-10-9-23-17/h2-8,11-13H,9-10H2,1H3. The molecule has 25 heavy (non-hydrogen) atoms. The highest BCUT2D eigenvalue weighted by molar-refractivity contribution is 7.07. The predicted molar refractivity (Wildman–Crippen MR) is 99.7 cm³/mol. The Labute approximate surface area is 149 Å². The topological polar surface area (TPSA) is 48.1 Å². The van der Waals surface area contributed by atoms with E-state index in [4.69, 9.17) is 9.47 Å². The zero-order valence-corrected chi connectivity index (χ0v) is 14.6. The van der Waals surface area contributed by atoms with E-state index in [9.17, 15) is 0 Å². The lowest BCUT2D eigenvalue weighted by atomic mass is 10.2. The molecule has 1 aromatic heterocycles. The van der Waals surface area contributed by atoms with Gasteiger partial charge in [0.15, 0.2) is 11.5 Å². The third-order valence-electron chi connectivity index (χ3n) is 3.83. The van der Waals surface area contributed by atoms with Crippen molar-refractivity contribution in [3.8, 4) is 22.8 Å². The van der Waals surface area contributed by atoms with Crippen LogP contribution in [0.5, 0.6) is 11.5 Å². The van der Waals surface area contributed by atoms with E-state index in [1.54, 1.807) is 18.4 Å². The summed E-state index contributed by atoms with van der Waals surface area (Å²) in [6.45, 7) is 1.16. The summed E-state index contributed by atoms with van der Waals surface area (Å²) in [5.74, 6) is 1.54. The molecule has 1 aliphatic rings. The van der Waals surface area contributed by atoms with Crippen LogP contribution in [-0.2, 0) is 0 Å². The maximum absolute atomic E-state index is 5.63. The van der Waals surface area contributed by atoms with Crippen molar-refractivity contribution < 1.29 is 9.47 Å². The summed E-state index contributed by atoms with van der Waals surface area (Å²) in [5.41, 5.74) is 3.07. The number of rotatable bonds is 3. The fourth-order valence-electron chi connectivity index (χ4n) is 2.63. The molecule has 0 aliphatic carbocycles. The summed E-state index contributed by atoms with van der Waals surface area (Å²) in [7, 11) is 1.77. The molecule has 0 atom stereocenters. The van der Waals surface area contributed by atoms with Crippen molar-refractivity contribution in [1.82, 2.24) is 4.68 Å². The van der Waals surface area contributed by atoms with Crippen LogP contribution in [-0.4, -0.2) is 31.2 Å². The Hall–Kier alpha value is -2.86. The van der Waals surface area contributed by atoms with Crippen LogP contribution in [0.15, 0.2) is 64.0 Å². The molecule has 2 aromatic carbocycles. The SMILES string of the molecule is CN=c1scc(-c2ccccc2)n1N=Cc1ccc2c(c1)OCCO2. The third kappa shape index (κ3) is 3.21. The first-order chi connectivity index (χ1) is 12.3. The molecule has 1 aliphatic heterocycles. The maximum Gasteiger partial charge on any atom is 0.205 e. The third-order valence-corrected chi connectivity index (χ3v) is 4.74. The van der Waals surface area contributed by atoms with Gasteiger partial charge in [0.05, 0.1) is 11.9 Å². The summed E-state index contributed by atoms with van der Waals surface area (Å²) in [4.78, 5) is 5.16. The summed E-state index contributed by atoms with van der Waals surface area (Å²) in [5, 5.41) is 6.71. The van der Waals surface area contributed by atoms with Crippen molar-refractivity contribution in [3.05, 3.63) is 64.3 Å². The van der Waals surface area contributed by atoms with Gasteiger partial charge in [-0.3, -0.25) is 4.99 Å². The largest absolute Gasteiger partial charge is 0.486 e. The van der Waals surface area contributed by atoms with Crippen molar-refractivity contribution in [2.45, 2.75) is 0 Å².